The molecule has 2 heterocycles. The van der Waals surface area contributed by atoms with E-state index < -0.39 is 36.1 Å². The zero-order valence-corrected chi connectivity index (χ0v) is 20.6. The third kappa shape index (κ3) is 4.66. The van der Waals surface area contributed by atoms with E-state index in [9.17, 15) is 18.5 Å². The highest BCUT2D eigenvalue weighted by atomic mass is 31.2. The standard InChI is InChI=1S/C24H26F3N4O2P/c1-8-18(15-10-9-11-17(20(15)25)24(26,27)23(4,5)32)31-22-16-12-19(34(6,7)33)13(2)28-21(16)29-14(3)30-22/h1,9-12,18,32H,2-7H3,(H,28,29,30,31)/t18-/m1/s1. The second-order valence-corrected chi connectivity index (χ2v) is 12.2. The normalized spacial score (nSPS) is 13.6. The number of hydrogen-bond donors (Lipinski definition) is 2. The van der Waals surface area contributed by atoms with Crippen molar-refractivity contribution in [3.8, 4) is 12.3 Å². The molecule has 6 nitrogen and oxygen atoms in total. The summed E-state index contributed by atoms with van der Waals surface area (Å²) < 4.78 is 57.5. The topological polar surface area (TPSA) is 88.0 Å². The molecule has 0 aliphatic carbocycles. The van der Waals surface area contributed by atoms with Crippen molar-refractivity contribution in [2.45, 2.75) is 45.3 Å². The molecule has 10 heteroatoms. The first-order valence-electron chi connectivity index (χ1n) is 10.4. The maximum Gasteiger partial charge on any atom is 0.303 e. The van der Waals surface area contributed by atoms with Gasteiger partial charge in [0.25, 0.3) is 0 Å². The number of alkyl halides is 2. The maximum absolute atomic E-state index is 15.3. The van der Waals surface area contributed by atoms with E-state index >= 15 is 4.39 Å². The van der Waals surface area contributed by atoms with E-state index in [1.54, 1.807) is 33.2 Å². The number of hydrogen-bond acceptors (Lipinski definition) is 6. The Morgan fingerprint density at radius 1 is 1.18 bits per heavy atom. The first-order chi connectivity index (χ1) is 15.6. The molecule has 0 spiro atoms. The minimum absolute atomic E-state index is 0.201. The van der Waals surface area contributed by atoms with Gasteiger partial charge in [0.15, 0.2) is 5.65 Å². The number of nitrogens with zero attached hydrogens (tertiary/aromatic N) is 3. The lowest BCUT2D eigenvalue weighted by atomic mass is 9.90. The van der Waals surface area contributed by atoms with Crippen molar-refractivity contribution in [2.24, 2.45) is 0 Å². The molecular formula is C24H26F3N4O2P. The number of fused-ring (bicyclic) bond motifs is 1. The summed E-state index contributed by atoms with van der Waals surface area (Å²) in [5.41, 5.74) is -2.81. The number of halogens is 3. The number of aliphatic hydroxyl groups is 1. The van der Waals surface area contributed by atoms with E-state index in [1.807, 2.05) is 0 Å². The lowest BCUT2D eigenvalue weighted by Crippen LogP contribution is -2.41. The Labute approximate surface area is 196 Å². The smallest absolute Gasteiger partial charge is 0.303 e. The van der Waals surface area contributed by atoms with Gasteiger partial charge in [0.2, 0.25) is 0 Å². The third-order valence-corrected chi connectivity index (χ3v) is 7.05. The molecule has 0 bridgehead atoms. The molecule has 1 aromatic carbocycles. The third-order valence-electron chi connectivity index (χ3n) is 5.44. The first kappa shape index (κ1) is 25.7. The number of pyridine rings is 1. The monoisotopic (exact) mass is 490 g/mol. The maximum atomic E-state index is 15.3. The molecule has 0 amide bonds. The summed E-state index contributed by atoms with van der Waals surface area (Å²) >= 11 is 0. The summed E-state index contributed by atoms with van der Waals surface area (Å²) in [4.78, 5) is 13.1. The molecule has 34 heavy (non-hydrogen) atoms. The fraction of sp³-hybridized carbons (Fsp3) is 0.375. The van der Waals surface area contributed by atoms with Crippen LogP contribution in [0.2, 0.25) is 0 Å². The van der Waals surface area contributed by atoms with Gasteiger partial charge in [0, 0.05) is 10.9 Å². The Morgan fingerprint density at radius 3 is 2.38 bits per heavy atom. The average molecular weight is 490 g/mol. The van der Waals surface area contributed by atoms with Crippen LogP contribution >= 0.6 is 7.14 Å². The molecule has 0 saturated heterocycles. The van der Waals surface area contributed by atoms with Gasteiger partial charge in [-0.1, -0.05) is 18.1 Å². The summed E-state index contributed by atoms with van der Waals surface area (Å²) in [6, 6.07) is 3.91. The number of nitrogens with one attached hydrogen (secondary N) is 1. The van der Waals surface area contributed by atoms with Crippen LogP contribution in [0.25, 0.3) is 11.0 Å². The quantitative estimate of drug-likeness (QED) is 0.386. The molecule has 0 unspecified atom stereocenters. The molecule has 3 aromatic rings. The second-order valence-electron chi connectivity index (χ2n) is 9.02. The number of anilines is 1. The van der Waals surface area contributed by atoms with Gasteiger partial charge < -0.3 is 15.0 Å². The fourth-order valence-corrected chi connectivity index (χ4v) is 4.86. The highest BCUT2D eigenvalue weighted by molar-refractivity contribution is 7.70. The zero-order valence-electron chi connectivity index (χ0n) is 19.7. The molecule has 180 valence electrons. The minimum Gasteiger partial charge on any atom is -0.384 e. The summed E-state index contributed by atoms with van der Waals surface area (Å²) in [7, 11) is -2.69. The molecule has 3 rings (SSSR count). The van der Waals surface area contributed by atoms with Crippen molar-refractivity contribution in [2.75, 3.05) is 18.6 Å². The molecule has 0 saturated carbocycles. The summed E-state index contributed by atoms with van der Waals surface area (Å²) in [6.07, 6.45) is 5.65. The van der Waals surface area contributed by atoms with Gasteiger partial charge in [-0.05, 0) is 53.2 Å². The van der Waals surface area contributed by atoms with Gasteiger partial charge in [-0.3, -0.25) is 0 Å². The van der Waals surface area contributed by atoms with Crippen LogP contribution in [0.5, 0.6) is 0 Å². The van der Waals surface area contributed by atoms with Crippen molar-refractivity contribution >= 4 is 29.3 Å². The van der Waals surface area contributed by atoms with Crippen LogP contribution in [0.1, 0.15) is 42.5 Å². The van der Waals surface area contributed by atoms with Crippen LogP contribution in [-0.2, 0) is 10.5 Å². The molecule has 2 aromatic heterocycles. The van der Waals surface area contributed by atoms with E-state index in [0.717, 1.165) is 19.9 Å². The van der Waals surface area contributed by atoms with Crippen LogP contribution in [0, 0.1) is 32.0 Å². The van der Waals surface area contributed by atoms with Gasteiger partial charge in [0.1, 0.15) is 36.2 Å². The largest absolute Gasteiger partial charge is 0.384 e. The van der Waals surface area contributed by atoms with Gasteiger partial charge in [-0.15, -0.1) is 6.42 Å². The first-order valence-corrected chi connectivity index (χ1v) is 13.0. The Kier molecular flexibility index (Phi) is 6.55. The predicted octanol–water partition coefficient (Wildman–Crippen LogP) is 4.68. The zero-order chi connectivity index (χ0) is 25.6. The molecule has 0 fully saturated rings. The number of aryl methyl sites for hydroxylation is 2. The highest BCUT2D eigenvalue weighted by Gasteiger charge is 2.49. The van der Waals surface area contributed by atoms with Crippen LogP contribution in [0.4, 0.5) is 19.0 Å². The van der Waals surface area contributed by atoms with Crippen molar-refractivity contribution < 1.29 is 22.8 Å². The van der Waals surface area contributed by atoms with Crippen molar-refractivity contribution in [3.63, 3.8) is 0 Å². The Bertz CT molecular complexity index is 1360. The summed E-state index contributed by atoms with van der Waals surface area (Å²) in [6.45, 7) is 8.39. The van der Waals surface area contributed by atoms with E-state index in [4.69, 9.17) is 6.42 Å². The molecule has 1 atom stereocenters. The predicted molar refractivity (Wildman–Crippen MR) is 128 cm³/mol. The highest BCUT2D eigenvalue weighted by Crippen LogP contribution is 2.41. The molecule has 2 N–H and O–H groups in total. The van der Waals surface area contributed by atoms with Gasteiger partial charge in [-0.25, -0.2) is 19.3 Å². The lowest BCUT2D eigenvalue weighted by Gasteiger charge is -2.30. The van der Waals surface area contributed by atoms with Gasteiger partial charge in [0.05, 0.1) is 16.6 Å². The van der Waals surface area contributed by atoms with E-state index in [2.05, 4.69) is 26.2 Å². The van der Waals surface area contributed by atoms with Crippen molar-refractivity contribution in [3.05, 3.63) is 52.7 Å². The van der Waals surface area contributed by atoms with E-state index in [1.165, 1.54) is 12.1 Å². The minimum atomic E-state index is -3.87. The van der Waals surface area contributed by atoms with E-state index in [0.29, 0.717) is 27.9 Å². The number of rotatable bonds is 6. The number of terminal acetylenes is 1. The molecule has 0 radical (unpaired) electrons. The number of aromatic nitrogens is 3. The lowest BCUT2D eigenvalue weighted by molar-refractivity contribution is -0.170. The number of benzene rings is 1. The van der Waals surface area contributed by atoms with Crippen LogP contribution in [0.3, 0.4) is 0 Å². The van der Waals surface area contributed by atoms with Crippen molar-refractivity contribution in [1.29, 1.82) is 0 Å². The Balaban J connectivity index is 2.16. The van der Waals surface area contributed by atoms with Gasteiger partial charge >= 0.3 is 5.92 Å². The SMILES string of the molecule is C#C[C@@H](Nc1nc(C)nc2nc(C)c(P(C)(C)=O)cc12)c1cccc(C(F)(F)C(C)(C)O)c1F. The summed E-state index contributed by atoms with van der Waals surface area (Å²) in [5, 5.41) is 13.8. The fourth-order valence-electron chi connectivity index (χ4n) is 3.59. The van der Waals surface area contributed by atoms with Gasteiger partial charge in [-0.2, -0.15) is 8.78 Å². The Hall–Kier alpha value is -2.95. The second kappa shape index (κ2) is 8.68. The van der Waals surface area contributed by atoms with Crippen molar-refractivity contribution in [1.82, 2.24) is 15.0 Å². The summed E-state index contributed by atoms with van der Waals surface area (Å²) in [5.74, 6) is -2.18. The van der Waals surface area contributed by atoms with Crippen LogP contribution in [0.15, 0.2) is 24.3 Å². The Morgan fingerprint density at radius 2 is 1.82 bits per heavy atom. The molecule has 0 aliphatic rings. The molecule has 0 aliphatic heterocycles. The van der Waals surface area contributed by atoms with E-state index in [-0.39, 0.29) is 11.4 Å². The average Bonchev–Trinajstić information content (AvgIpc) is 2.69. The van der Waals surface area contributed by atoms with Crippen LogP contribution < -0.4 is 10.6 Å². The molecular weight excluding hydrogens is 464 g/mol. The van der Waals surface area contributed by atoms with Crippen LogP contribution in [-0.4, -0.2) is 39.0 Å².